The molecule has 1 N–H and O–H groups in total. The lowest BCUT2D eigenvalue weighted by Crippen LogP contribution is -2.06. The van der Waals surface area contributed by atoms with Gasteiger partial charge in [0.25, 0.3) is 0 Å². The zero-order valence-corrected chi connectivity index (χ0v) is 18.0. The van der Waals surface area contributed by atoms with Gasteiger partial charge in [-0.25, -0.2) is 0 Å². The summed E-state index contributed by atoms with van der Waals surface area (Å²) in [6.07, 6.45) is 13.4. The fourth-order valence-electron chi connectivity index (χ4n) is 2.30. The lowest BCUT2D eigenvalue weighted by atomic mass is 9.88. The highest BCUT2D eigenvalue weighted by Gasteiger charge is 2.10. The molecule has 26 heavy (non-hydrogen) atoms. The van der Waals surface area contributed by atoms with E-state index in [4.69, 9.17) is 5.11 Å². The number of aliphatic hydroxyl groups excluding tert-OH is 1. The monoisotopic (exact) mass is 358 g/mol. The molecule has 0 aliphatic heterocycles. The van der Waals surface area contributed by atoms with Gasteiger partial charge >= 0.3 is 0 Å². The van der Waals surface area contributed by atoms with Crippen LogP contribution in [0.2, 0.25) is 0 Å². The van der Waals surface area contributed by atoms with E-state index in [2.05, 4.69) is 64.6 Å². The van der Waals surface area contributed by atoms with Crippen LogP contribution in [-0.4, -0.2) is 11.7 Å². The minimum Gasteiger partial charge on any atom is -0.396 e. The molecule has 0 bridgehead atoms. The van der Waals surface area contributed by atoms with Crippen LogP contribution in [0.1, 0.15) is 65.9 Å². The normalized spacial score (nSPS) is 17.3. The largest absolute Gasteiger partial charge is 0.396 e. The molecule has 2 unspecified atom stereocenters. The van der Waals surface area contributed by atoms with Crippen LogP contribution in [-0.2, 0) is 0 Å². The molecule has 1 aromatic rings. The second kappa shape index (κ2) is 19.7. The topological polar surface area (TPSA) is 20.2 Å². The second-order valence-corrected chi connectivity index (χ2v) is 6.38. The average molecular weight is 359 g/mol. The fraction of sp³-hybridized carbons (Fsp3) is 0.520. The Labute approximate surface area is 163 Å². The maximum atomic E-state index is 8.29. The Hall–Kier alpha value is -1.60. The van der Waals surface area contributed by atoms with Gasteiger partial charge in [0, 0.05) is 12.5 Å². The van der Waals surface area contributed by atoms with Crippen molar-refractivity contribution < 1.29 is 5.11 Å². The van der Waals surface area contributed by atoms with E-state index in [0.717, 1.165) is 6.42 Å². The first kappa shape index (κ1) is 26.6. The summed E-state index contributed by atoms with van der Waals surface area (Å²) in [5, 5.41) is 8.29. The number of hydrogen-bond acceptors (Lipinski definition) is 1. The molecule has 2 rings (SSSR count). The van der Waals surface area contributed by atoms with Gasteiger partial charge in [-0.15, -0.1) is 6.58 Å². The third-order valence-corrected chi connectivity index (χ3v) is 3.95. The molecule has 1 aliphatic rings. The number of benzene rings is 1. The number of allylic oxidation sites excluding steroid dienone is 5. The predicted octanol–water partition coefficient (Wildman–Crippen LogP) is 7.52. The summed E-state index contributed by atoms with van der Waals surface area (Å²) in [6, 6.07) is 10.3. The molecular formula is C25H42O. The van der Waals surface area contributed by atoms with E-state index >= 15 is 0 Å². The molecule has 1 aromatic carbocycles. The molecule has 1 aliphatic carbocycles. The Balaban J connectivity index is 0. The van der Waals surface area contributed by atoms with E-state index in [1.54, 1.807) is 0 Å². The van der Waals surface area contributed by atoms with Gasteiger partial charge in [-0.2, -0.15) is 0 Å². The predicted molar refractivity (Wildman–Crippen MR) is 120 cm³/mol. The Bertz CT molecular complexity index is 466. The Morgan fingerprint density at radius 3 is 2.04 bits per heavy atom. The summed E-state index contributed by atoms with van der Waals surface area (Å²) in [5.74, 6) is 1.17. The van der Waals surface area contributed by atoms with Crippen molar-refractivity contribution in [2.75, 3.05) is 6.61 Å². The number of hydrogen-bond donors (Lipinski definition) is 1. The van der Waals surface area contributed by atoms with Gasteiger partial charge in [0.1, 0.15) is 0 Å². The lowest BCUT2D eigenvalue weighted by Gasteiger charge is -2.17. The molecule has 0 amide bonds. The summed E-state index contributed by atoms with van der Waals surface area (Å²) < 4.78 is 0. The standard InChI is InChI=1S/C10H14.C7H8.C6H14O.C2H6/c1-4-10-7-8(2)5-6-9(10)3;1-7-5-3-2-4-6-7;1-2-3-4-5-6-7;1-2/h4-7,9-10H,1H2,2-3H3;2-6H,1H3;7H,2-6H2,1H3;1-2H3. The summed E-state index contributed by atoms with van der Waals surface area (Å²) in [5.41, 5.74) is 2.67. The van der Waals surface area contributed by atoms with Crippen molar-refractivity contribution in [2.24, 2.45) is 11.8 Å². The van der Waals surface area contributed by atoms with Crippen molar-refractivity contribution in [2.45, 2.75) is 67.2 Å². The summed E-state index contributed by atoms with van der Waals surface area (Å²) in [4.78, 5) is 0. The third kappa shape index (κ3) is 15.9. The molecule has 0 fully saturated rings. The molecule has 0 saturated carbocycles. The molecule has 1 heteroatoms. The van der Waals surface area contributed by atoms with Crippen molar-refractivity contribution in [3.63, 3.8) is 0 Å². The molecule has 1 nitrogen and oxygen atoms in total. The van der Waals surface area contributed by atoms with E-state index in [-0.39, 0.29) is 0 Å². The molecule has 2 atom stereocenters. The number of unbranched alkanes of at least 4 members (excludes halogenated alkanes) is 3. The van der Waals surface area contributed by atoms with Crippen LogP contribution in [0.3, 0.4) is 0 Å². The van der Waals surface area contributed by atoms with Gasteiger partial charge in [-0.3, -0.25) is 0 Å². The first-order valence-corrected chi connectivity index (χ1v) is 10.2. The van der Waals surface area contributed by atoms with Gasteiger partial charge in [0.2, 0.25) is 0 Å². The zero-order chi connectivity index (χ0) is 20.2. The smallest absolute Gasteiger partial charge is 0.0431 e. The highest BCUT2D eigenvalue weighted by Crippen LogP contribution is 2.22. The number of rotatable bonds is 5. The summed E-state index contributed by atoms with van der Waals surface area (Å²) in [6.45, 7) is 16.7. The highest BCUT2D eigenvalue weighted by atomic mass is 16.2. The van der Waals surface area contributed by atoms with Crippen LogP contribution in [0.5, 0.6) is 0 Å². The number of aliphatic hydroxyl groups is 1. The van der Waals surface area contributed by atoms with E-state index in [0.29, 0.717) is 18.4 Å². The van der Waals surface area contributed by atoms with Gasteiger partial charge in [-0.05, 0) is 26.2 Å². The zero-order valence-electron chi connectivity index (χ0n) is 18.0. The van der Waals surface area contributed by atoms with E-state index < -0.39 is 0 Å². The molecule has 0 aromatic heterocycles. The molecule has 0 radical (unpaired) electrons. The van der Waals surface area contributed by atoms with Gasteiger partial charge in [0.05, 0.1) is 0 Å². The molecular weight excluding hydrogens is 316 g/mol. The van der Waals surface area contributed by atoms with Crippen LogP contribution in [0.15, 0.2) is 66.8 Å². The minimum absolute atomic E-state index is 0.361. The van der Waals surface area contributed by atoms with Crippen molar-refractivity contribution >= 4 is 0 Å². The summed E-state index contributed by atoms with van der Waals surface area (Å²) in [7, 11) is 0. The molecule has 0 heterocycles. The van der Waals surface area contributed by atoms with Gasteiger partial charge in [-0.1, -0.05) is 113 Å². The van der Waals surface area contributed by atoms with Crippen LogP contribution in [0, 0.1) is 18.8 Å². The highest BCUT2D eigenvalue weighted by molar-refractivity contribution is 5.25. The van der Waals surface area contributed by atoms with E-state index in [1.807, 2.05) is 38.1 Å². The van der Waals surface area contributed by atoms with Crippen molar-refractivity contribution in [3.05, 3.63) is 72.4 Å². The third-order valence-electron chi connectivity index (χ3n) is 3.95. The van der Waals surface area contributed by atoms with Gasteiger partial charge in [0.15, 0.2) is 0 Å². The Morgan fingerprint density at radius 1 is 1.04 bits per heavy atom. The van der Waals surface area contributed by atoms with Crippen LogP contribution >= 0.6 is 0 Å². The number of aryl methyl sites for hydroxylation is 1. The maximum absolute atomic E-state index is 8.29. The summed E-state index contributed by atoms with van der Waals surface area (Å²) >= 11 is 0. The van der Waals surface area contributed by atoms with Crippen molar-refractivity contribution in [1.82, 2.24) is 0 Å². The molecule has 0 spiro atoms. The average Bonchev–Trinajstić information content (AvgIpc) is 2.67. The molecule has 148 valence electrons. The van der Waals surface area contributed by atoms with E-state index in [9.17, 15) is 0 Å². The minimum atomic E-state index is 0.361. The Morgan fingerprint density at radius 2 is 1.65 bits per heavy atom. The first-order valence-electron chi connectivity index (χ1n) is 10.2. The second-order valence-electron chi connectivity index (χ2n) is 6.38. The van der Waals surface area contributed by atoms with Crippen molar-refractivity contribution in [1.29, 1.82) is 0 Å². The Kier molecular flexibility index (Phi) is 20.2. The van der Waals surface area contributed by atoms with Crippen LogP contribution in [0.4, 0.5) is 0 Å². The maximum Gasteiger partial charge on any atom is 0.0431 e. The molecule has 0 saturated heterocycles. The van der Waals surface area contributed by atoms with Gasteiger partial charge < -0.3 is 5.11 Å². The van der Waals surface area contributed by atoms with E-state index in [1.165, 1.54) is 30.4 Å². The fourth-order valence-corrected chi connectivity index (χ4v) is 2.30. The first-order chi connectivity index (χ1) is 12.5. The van der Waals surface area contributed by atoms with Crippen LogP contribution in [0.25, 0.3) is 0 Å². The van der Waals surface area contributed by atoms with Crippen molar-refractivity contribution in [3.8, 4) is 0 Å². The SMILES string of the molecule is C=CC1C=C(C)C=CC1C.CC.CCCCCCO.Cc1ccccc1. The quantitative estimate of drug-likeness (QED) is 0.426. The van der Waals surface area contributed by atoms with Crippen LogP contribution < -0.4 is 0 Å². The lowest BCUT2D eigenvalue weighted by molar-refractivity contribution is 0.283.